The molecule has 0 radical (unpaired) electrons. The zero-order valence-electron chi connectivity index (χ0n) is 11.7. The lowest BCUT2D eigenvalue weighted by Crippen LogP contribution is -2.21. The van der Waals surface area contributed by atoms with Gasteiger partial charge in [0.05, 0.1) is 0 Å². The Labute approximate surface area is 107 Å². The van der Waals surface area contributed by atoms with Crippen LogP contribution in [0.4, 0.5) is 0 Å². The number of hydrogen-bond donors (Lipinski definition) is 1. The van der Waals surface area contributed by atoms with Crippen molar-refractivity contribution in [3.8, 4) is 0 Å². The molecule has 0 saturated heterocycles. The lowest BCUT2D eigenvalue weighted by molar-refractivity contribution is 0.350. The summed E-state index contributed by atoms with van der Waals surface area (Å²) in [6.07, 6.45) is 11.9. The van der Waals surface area contributed by atoms with E-state index in [0.29, 0.717) is 5.41 Å². The second-order valence-electron chi connectivity index (χ2n) is 7.39. The summed E-state index contributed by atoms with van der Waals surface area (Å²) in [4.78, 5) is 0. The van der Waals surface area contributed by atoms with Crippen molar-refractivity contribution in [1.82, 2.24) is 5.32 Å². The highest BCUT2D eigenvalue weighted by Crippen LogP contribution is 2.63. The second-order valence-corrected chi connectivity index (χ2v) is 7.39. The van der Waals surface area contributed by atoms with Crippen molar-refractivity contribution in [2.24, 2.45) is 23.2 Å². The molecule has 0 amide bonds. The Morgan fingerprint density at radius 1 is 0.941 bits per heavy atom. The maximum atomic E-state index is 3.76. The summed E-state index contributed by atoms with van der Waals surface area (Å²) in [6, 6.07) is 0.890. The van der Waals surface area contributed by atoms with Crippen LogP contribution in [-0.2, 0) is 0 Å². The van der Waals surface area contributed by atoms with Crippen molar-refractivity contribution in [2.45, 2.75) is 71.3 Å². The van der Waals surface area contributed by atoms with Crippen molar-refractivity contribution < 1.29 is 0 Å². The van der Waals surface area contributed by atoms with Crippen LogP contribution in [0.25, 0.3) is 0 Å². The molecule has 1 N–H and O–H groups in total. The van der Waals surface area contributed by atoms with E-state index in [1.165, 1.54) is 57.9 Å². The van der Waals surface area contributed by atoms with E-state index in [1.54, 1.807) is 0 Å². The molecule has 3 saturated carbocycles. The average molecular weight is 235 g/mol. The summed E-state index contributed by atoms with van der Waals surface area (Å²) < 4.78 is 0. The van der Waals surface area contributed by atoms with Gasteiger partial charge in [0.15, 0.2) is 0 Å². The highest BCUT2D eigenvalue weighted by Gasteiger charge is 2.59. The van der Waals surface area contributed by atoms with E-state index in [9.17, 15) is 0 Å². The van der Waals surface area contributed by atoms with Gasteiger partial charge in [-0.05, 0) is 42.6 Å². The quantitative estimate of drug-likeness (QED) is 0.727. The summed E-state index contributed by atoms with van der Waals surface area (Å²) in [7, 11) is 0. The highest BCUT2D eigenvalue weighted by atomic mass is 15.0. The SMILES string of the molecule is CC1(C)C(CNC2CC2)C1C1CCCCCC1. The van der Waals surface area contributed by atoms with Crippen LogP contribution in [0.3, 0.4) is 0 Å². The van der Waals surface area contributed by atoms with E-state index >= 15 is 0 Å². The van der Waals surface area contributed by atoms with Crippen molar-refractivity contribution in [1.29, 1.82) is 0 Å². The van der Waals surface area contributed by atoms with Crippen LogP contribution in [-0.4, -0.2) is 12.6 Å². The topological polar surface area (TPSA) is 12.0 Å². The zero-order chi connectivity index (χ0) is 11.9. The van der Waals surface area contributed by atoms with Crippen molar-refractivity contribution >= 4 is 0 Å². The molecule has 2 unspecified atom stereocenters. The molecule has 2 atom stereocenters. The van der Waals surface area contributed by atoms with E-state index in [1.807, 2.05) is 0 Å². The van der Waals surface area contributed by atoms with E-state index in [2.05, 4.69) is 19.2 Å². The van der Waals surface area contributed by atoms with Crippen molar-refractivity contribution in [3.63, 3.8) is 0 Å². The third kappa shape index (κ3) is 2.54. The van der Waals surface area contributed by atoms with E-state index in [-0.39, 0.29) is 0 Å². The Bertz CT molecular complexity index is 259. The third-order valence-electron chi connectivity index (χ3n) is 5.75. The minimum Gasteiger partial charge on any atom is -0.314 e. The molecule has 3 aliphatic carbocycles. The highest BCUT2D eigenvalue weighted by molar-refractivity contribution is 5.08. The largest absolute Gasteiger partial charge is 0.314 e. The molecule has 0 heterocycles. The minimum atomic E-state index is 0.636. The molecule has 1 nitrogen and oxygen atoms in total. The first-order chi connectivity index (χ1) is 8.19. The van der Waals surface area contributed by atoms with Crippen LogP contribution in [0.2, 0.25) is 0 Å². The van der Waals surface area contributed by atoms with Gasteiger partial charge >= 0.3 is 0 Å². The van der Waals surface area contributed by atoms with Gasteiger partial charge in [-0.1, -0.05) is 52.4 Å². The van der Waals surface area contributed by atoms with Gasteiger partial charge in [0.2, 0.25) is 0 Å². The van der Waals surface area contributed by atoms with Crippen LogP contribution in [0.1, 0.15) is 65.2 Å². The molecule has 0 aromatic rings. The Morgan fingerprint density at radius 2 is 1.59 bits per heavy atom. The van der Waals surface area contributed by atoms with Gasteiger partial charge in [-0.2, -0.15) is 0 Å². The first-order valence-corrected chi connectivity index (χ1v) is 7.93. The molecule has 0 aliphatic heterocycles. The number of hydrogen-bond acceptors (Lipinski definition) is 1. The smallest absolute Gasteiger partial charge is 0.00683 e. The van der Waals surface area contributed by atoms with Crippen LogP contribution < -0.4 is 5.32 Å². The van der Waals surface area contributed by atoms with Crippen molar-refractivity contribution in [2.75, 3.05) is 6.54 Å². The van der Waals surface area contributed by atoms with Crippen molar-refractivity contribution in [3.05, 3.63) is 0 Å². The molecule has 0 spiro atoms. The Balaban J connectivity index is 1.54. The fourth-order valence-electron chi connectivity index (χ4n) is 4.36. The fourth-order valence-corrected chi connectivity index (χ4v) is 4.36. The van der Waals surface area contributed by atoms with Gasteiger partial charge in [-0.25, -0.2) is 0 Å². The first kappa shape index (κ1) is 12.0. The predicted molar refractivity (Wildman–Crippen MR) is 73.0 cm³/mol. The first-order valence-electron chi connectivity index (χ1n) is 7.93. The Morgan fingerprint density at radius 3 is 2.18 bits per heavy atom. The Kier molecular flexibility index (Phi) is 3.23. The third-order valence-corrected chi connectivity index (χ3v) is 5.75. The molecule has 3 aliphatic rings. The minimum absolute atomic E-state index is 0.636. The van der Waals surface area contributed by atoms with Crippen LogP contribution in [0, 0.1) is 23.2 Å². The lowest BCUT2D eigenvalue weighted by atomic mass is 9.90. The predicted octanol–water partition coefficient (Wildman–Crippen LogP) is 3.98. The fraction of sp³-hybridized carbons (Fsp3) is 1.00. The van der Waals surface area contributed by atoms with E-state index in [0.717, 1.165) is 23.8 Å². The molecule has 17 heavy (non-hydrogen) atoms. The summed E-state index contributed by atoms with van der Waals surface area (Å²) in [5.41, 5.74) is 0.636. The maximum absolute atomic E-state index is 3.76. The maximum Gasteiger partial charge on any atom is 0.00683 e. The number of rotatable bonds is 4. The Hall–Kier alpha value is -0.0400. The van der Waals surface area contributed by atoms with Gasteiger partial charge in [-0.15, -0.1) is 0 Å². The van der Waals surface area contributed by atoms with Crippen LogP contribution in [0.5, 0.6) is 0 Å². The van der Waals surface area contributed by atoms with Gasteiger partial charge in [0.1, 0.15) is 0 Å². The summed E-state index contributed by atoms with van der Waals surface area (Å²) in [5, 5.41) is 3.76. The molecule has 98 valence electrons. The monoisotopic (exact) mass is 235 g/mol. The zero-order valence-corrected chi connectivity index (χ0v) is 11.7. The average Bonchev–Trinajstić information content (AvgIpc) is 3.13. The van der Waals surface area contributed by atoms with E-state index in [4.69, 9.17) is 0 Å². The van der Waals surface area contributed by atoms with Crippen LogP contribution in [0.15, 0.2) is 0 Å². The normalized spacial score (nSPS) is 37.8. The standard InChI is InChI=1S/C16H29N/c1-16(2)14(11-17-13-9-10-13)15(16)12-7-5-3-4-6-8-12/h12-15,17H,3-11H2,1-2H3. The van der Waals surface area contributed by atoms with E-state index < -0.39 is 0 Å². The van der Waals surface area contributed by atoms with Gasteiger partial charge in [-0.3, -0.25) is 0 Å². The van der Waals surface area contributed by atoms with Gasteiger partial charge in [0, 0.05) is 6.04 Å². The molecule has 0 aromatic carbocycles. The molecule has 0 aromatic heterocycles. The molecule has 1 heteroatoms. The van der Waals surface area contributed by atoms with Gasteiger partial charge < -0.3 is 5.32 Å². The number of nitrogens with one attached hydrogen (secondary N) is 1. The molecule has 0 bridgehead atoms. The molecule has 3 rings (SSSR count). The second kappa shape index (κ2) is 4.57. The van der Waals surface area contributed by atoms with Gasteiger partial charge in [0.25, 0.3) is 0 Å². The summed E-state index contributed by atoms with van der Waals surface area (Å²) >= 11 is 0. The molecule has 3 fully saturated rings. The summed E-state index contributed by atoms with van der Waals surface area (Å²) in [6.45, 7) is 6.34. The molecular weight excluding hydrogens is 206 g/mol. The summed E-state index contributed by atoms with van der Waals surface area (Å²) in [5.74, 6) is 3.07. The molecular formula is C16H29N. The lowest BCUT2D eigenvalue weighted by Gasteiger charge is -2.15. The van der Waals surface area contributed by atoms with Crippen LogP contribution >= 0.6 is 0 Å².